The fraction of sp³-hybridized carbons (Fsp3) is 0.385. The number of carbonyl (C=O) groups is 2. The van der Waals surface area contributed by atoms with Gasteiger partial charge in [0, 0.05) is 30.8 Å². The topological polar surface area (TPSA) is 78.9 Å². The van der Waals surface area contributed by atoms with E-state index in [0.29, 0.717) is 10.7 Å². The third kappa shape index (κ3) is 3.20. The minimum Gasteiger partial charge on any atom is -0.480 e. The first-order valence-corrected chi connectivity index (χ1v) is 6.48. The number of aliphatic carboxylic acids is 1. The van der Waals surface area contributed by atoms with Crippen LogP contribution in [0.3, 0.4) is 0 Å². The van der Waals surface area contributed by atoms with Gasteiger partial charge >= 0.3 is 12.0 Å². The second-order valence-electron chi connectivity index (χ2n) is 4.54. The molecule has 108 valence electrons. The van der Waals surface area contributed by atoms with Gasteiger partial charge in [-0.3, -0.25) is 0 Å². The number of carboxylic acid groups (broad SMARTS) is 1. The van der Waals surface area contributed by atoms with Crippen LogP contribution < -0.4 is 5.32 Å². The summed E-state index contributed by atoms with van der Waals surface area (Å²) in [5.74, 6) is -1.04. The molecule has 0 radical (unpaired) electrons. The molecule has 0 aliphatic carbocycles. The highest BCUT2D eigenvalue weighted by atomic mass is 35.5. The largest absolute Gasteiger partial charge is 0.480 e. The Balaban J connectivity index is 2.09. The van der Waals surface area contributed by atoms with E-state index in [1.807, 2.05) is 0 Å². The molecule has 1 fully saturated rings. The van der Waals surface area contributed by atoms with E-state index in [-0.39, 0.29) is 19.1 Å². The second kappa shape index (κ2) is 6.11. The first kappa shape index (κ1) is 14.6. The van der Waals surface area contributed by atoms with E-state index in [2.05, 4.69) is 5.32 Å². The first-order valence-electron chi connectivity index (χ1n) is 6.10. The number of rotatable bonds is 3. The van der Waals surface area contributed by atoms with Crippen molar-refractivity contribution in [3.05, 3.63) is 29.3 Å². The summed E-state index contributed by atoms with van der Waals surface area (Å²) in [6.07, 6.45) is 0.0237. The van der Waals surface area contributed by atoms with Gasteiger partial charge in [0.05, 0.1) is 6.10 Å². The van der Waals surface area contributed by atoms with Gasteiger partial charge in [0.1, 0.15) is 6.04 Å². The number of hydrogen-bond acceptors (Lipinski definition) is 3. The number of amides is 2. The standard InChI is InChI=1S/C13H15ClN2O4/c1-20-10-6-11(12(17)18)16(7-10)13(19)15-9-4-2-3-8(14)5-9/h2-5,10-11H,6-7H2,1H3,(H,15,19)(H,17,18). The highest BCUT2D eigenvalue weighted by Crippen LogP contribution is 2.22. The number of nitrogens with one attached hydrogen (secondary N) is 1. The number of urea groups is 1. The number of likely N-dealkylation sites (tertiary alicyclic amines) is 1. The molecule has 0 bridgehead atoms. The summed E-state index contributed by atoms with van der Waals surface area (Å²) >= 11 is 5.83. The van der Waals surface area contributed by atoms with Crippen LogP contribution in [0.5, 0.6) is 0 Å². The summed E-state index contributed by atoms with van der Waals surface area (Å²) < 4.78 is 5.14. The van der Waals surface area contributed by atoms with Gasteiger partial charge in [-0.2, -0.15) is 0 Å². The molecule has 2 amide bonds. The van der Waals surface area contributed by atoms with E-state index < -0.39 is 18.0 Å². The number of nitrogens with zero attached hydrogens (tertiary/aromatic N) is 1. The van der Waals surface area contributed by atoms with Gasteiger partial charge in [0.25, 0.3) is 0 Å². The maximum atomic E-state index is 12.2. The number of carboxylic acids is 1. The molecule has 2 unspecified atom stereocenters. The minimum absolute atomic E-state index is 0.250. The SMILES string of the molecule is COC1CC(C(=O)O)N(C(=O)Nc2cccc(Cl)c2)C1. The molecule has 0 aromatic heterocycles. The van der Waals surface area contributed by atoms with Crippen molar-refractivity contribution in [2.24, 2.45) is 0 Å². The van der Waals surface area contributed by atoms with Crippen LogP contribution in [0.25, 0.3) is 0 Å². The smallest absolute Gasteiger partial charge is 0.326 e. The van der Waals surface area contributed by atoms with E-state index in [4.69, 9.17) is 21.4 Å². The van der Waals surface area contributed by atoms with Crippen LogP contribution >= 0.6 is 11.6 Å². The lowest BCUT2D eigenvalue weighted by molar-refractivity contribution is -0.141. The summed E-state index contributed by atoms with van der Waals surface area (Å²) in [6.45, 7) is 0.250. The average Bonchev–Trinajstić information content (AvgIpc) is 2.83. The van der Waals surface area contributed by atoms with E-state index in [1.54, 1.807) is 24.3 Å². The molecule has 0 spiro atoms. The van der Waals surface area contributed by atoms with Crippen molar-refractivity contribution in [2.45, 2.75) is 18.6 Å². The lowest BCUT2D eigenvalue weighted by atomic mass is 10.2. The Morgan fingerprint density at radius 3 is 2.85 bits per heavy atom. The van der Waals surface area contributed by atoms with Crippen LogP contribution in [0, 0.1) is 0 Å². The maximum Gasteiger partial charge on any atom is 0.326 e. The number of methoxy groups -OCH3 is 1. The van der Waals surface area contributed by atoms with Crippen LogP contribution in [0.2, 0.25) is 5.02 Å². The summed E-state index contributed by atoms with van der Waals surface area (Å²) in [5.41, 5.74) is 0.521. The molecule has 2 atom stereocenters. The van der Waals surface area contributed by atoms with Crippen molar-refractivity contribution < 1.29 is 19.4 Å². The molecule has 7 heteroatoms. The second-order valence-corrected chi connectivity index (χ2v) is 4.98. The minimum atomic E-state index is -1.04. The fourth-order valence-electron chi connectivity index (χ4n) is 2.19. The van der Waals surface area contributed by atoms with Crippen LogP contribution in [0.4, 0.5) is 10.5 Å². The Hall–Kier alpha value is -1.79. The van der Waals surface area contributed by atoms with E-state index in [9.17, 15) is 9.59 Å². The Labute approximate surface area is 121 Å². The Kier molecular flexibility index (Phi) is 4.46. The molecule has 1 heterocycles. The average molecular weight is 299 g/mol. The first-order chi connectivity index (χ1) is 9.51. The molecule has 1 aromatic rings. The molecule has 20 heavy (non-hydrogen) atoms. The zero-order valence-corrected chi connectivity index (χ0v) is 11.6. The van der Waals surface area contributed by atoms with Gasteiger partial charge in [-0.1, -0.05) is 17.7 Å². The van der Waals surface area contributed by atoms with Crippen molar-refractivity contribution >= 4 is 29.3 Å². The normalized spacial score (nSPS) is 21.8. The third-order valence-electron chi connectivity index (χ3n) is 3.22. The molecule has 0 saturated carbocycles. The van der Waals surface area contributed by atoms with Crippen molar-refractivity contribution in [3.63, 3.8) is 0 Å². The zero-order valence-electron chi connectivity index (χ0n) is 10.9. The quantitative estimate of drug-likeness (QED) is 0.895. The summed E-state index contributed by atoms with van der Waals surface area (Å²) in [5, 5.41) is 12.3. The number of carbonyl (C=O) groups excluding carboxylic acids is 1. The third-order valence-corrected chi connectivity index (χ3v) is 3.45. The number of benzene rings is 1. The van der Waals surface area contributed by atoms with Gasteiger partial charge < -0.3 is 20.1 Å². The Morgan fingerprint density at radius 2 is 2.25 bits per heavy atom. The van der Waals surface area contributed by atoms with Gasteiger partial charge in [-0.25, -0.2) is 9.59 Å². The number of anilines is 1. The Morgan fingerprint density at radius 1 is 1.50 bits per heavy atom. The molecule has 2 N–H and O–H groups in total. The molecule has 1 aliphatic rings. The molecule has 1 saturated heterocycles. The van der Waals surface area contributed by atoms with Crippen molar-refractivity contribution in [1.82, 2.24) is 4.90 Å². The van der Waals surface area contributed by atoms with E-state index in [1.165, 1.54) is 12.0 Å². The van der Waals surface area contributed by atoms with Crippen LogP contribution in [0.15, 0.2) is 24.3 Å². The van der Waals surface area contributed by atoms with E-state index in [0.717, 1.165) is 0 Å². The highest BCUT2D eigenvalue weighted by molar-refractivity contribution is 6.30. The Bertz CT molecular complexity index is 523. The molecule has 6 nitrogen and oxygen atoms in total. The van der Waals surface area contributed by atoms with Crippen molar-refractivity contribution in [1.29, 1.82) is 0 Å². The summed E-state index contributed by atoms with van der Waals surface area (Å²) in [6, 6.07) is 5.32. The van der Waals surface area contributed by atoms with Gasteiger partial charge in [0.15, 0.2) is 0 Å². The summed E-state index contributed by atoms with van der Waals surface area (Å²) in [7, 11) is 1.50. The van der Waals surface area contributed by atoms with Gasteiger partial charge in [-0.15, -0.1) is 0 Å². The number of ether oxygens (including phenoxy) is 1. The van der Waals surface area contributed by atoms with E-state index >= 15 is 0 Å². The lowest BCUT2D eigenvalue weighted by Gasteiger charge is -2.21. The van der Waals surface area contributed by atoms with Crippen molar-refractivity contribution in [3.8, 4) is 0 Å². The van der Waals surface area contributed by atoms with Crippen molar-refractivity contribution in [2.75, 3.05) is 19.0 Å². The number of halogens is 1. The molecule has 1 aliphatic heterocycles. The van der Waals surface area contributed by atoms with Crippen LogP contribution in [0.1, 0.15) is 6.42 Å². The molecular formula is C13H15ClN2O4. The molecule has 1 aromatic carbocycles. The van der Waals surface area contributed by atoms with Crippen LogP contribution in [-0.4, -0.2) is 47.8 Å². The predicted molar refractivity (Wildman–Crippen MR) is 74.0 cm³/mol. The molecular weight excluding hydrogens is 284 g/mol. The number of hydrogen-bond donors (Lipinski definition) is 2. The summed E-state index contributed by atoms with van der Waals surface area (Å²) in [4.78, 5) is 24.6. The maximum absolute atomic E-state index is 12.2. The van der Waals surface area contributed by atoms with Crippen LogP contribution in [-0.2, 0) is 9.53 Å². The van der Waals surface area contributed by atoms with Gasteiger partial charge in [0.2, 0.25) is 0 Å². The highest BCUT2D eigenvalue weighted by Gasteiger charge is 2.39. The predicted octanol–water partition coefficient (Wildman–Crippen LogP) is 2.05. The monoisotopic (exact) mass is 298 g/mol. The lowest BCUT2D eigenvalue weighted by Crippen LogP contribution is -2.43. The molecule has 2 rings (SSSR count). The fourth-order valence-corrected chi connectivity index (χ4v) is 2.38. The zero-order chi connectivity index (χ0) is 14.7. The van der Waals surface area contributed by atoms with Gasteiger partial charge in [-0.05, 0) is 18.2 Å².